The third-order valence-electron chi connectivity index (χ3n) is 4.12. The van der Waals surface area contributed by atoms with Gasteiger partial charge in [-0.2, -0.15) is 0 Å². The van der Waals surface area contributed by atoms with Crippen LogP contribution in [0.15, 0.2) is 0 Å². The van der Waals surface area contributed by atoms with Gasteiger partial charge in [0.1, 0.15) is 0 Å². The molecule has 0 radical (unpaired) electrons. The van der Waals surface area contributed by atoms with E-state index in [1.54, 1.807) is 0 Å². The van der Waals surface area contributed by atoms with Crippen LogP contribution in [0, 0.1) is 0 Å². The first-order valence-corrected chi connectivity index (χ1v) is 8.87. The van der Waals surface area contributed by atoms with Gasteiger partial charge in [-0.3, -0.25) is 9.59 Å². The molecule has 0 spiro atoms. The zero-order valence-electron chi connectivity index (χ0n) is 14.9. The highest BCUT2D eigenvalue weighted by Crippen LogP contribution is 2.09. The molecular formula is C17H34ClN3O2. The third kappa shape index (κ3) is 9.16. The van der Waals surface area contributed by atoms with E-state index in [4.69, 9.17) is 0 Å². The lowest BCUT2D eigenvalue weighted by molar-refractivity contribution is -0.131. The average molecular weight is 348 g/mol. The fourth-order valence-electron chi connectivity index (χ4n) is 3.02. The predicted molar refractivity (Wildman–Crippen MR) is 96.9 cm³/mol. The van der Waals surface area contributed by atoms with Crippen LogP contribution in [0.5, 0.6) is 0 Å². The molecule has 2 unspecified atom stereocenters. The number of halogens is 1. The Balaban J connectivity index is 0.00000484. The van der Waals surface area contributed by atoms with Crippen molar-refractivity contribution in [3.63, 3.8) is 0 Å². The minimum Gasteiger partial charge on any atom is -0.353 e. The summed E-state index contributed by atoms with van der Waals surface area (Å²) in [6.45, 7) is 8.94. The molecule has 136 valence electrons. The monoisotopic (exact) mass is 347 g/mol. The highest BCUT2D eigenvalue weighted by molar-refractivity contribution is 5.85. The molecule has 0 bridgehead atoms. The van der Waals surface area contributed by atoms with Gasteiger partial charge in [0.2, 0.25) is 11.8 Å². The van der Waals surface area contributed by atoms with Crippen LogP contribution in [0.2, 0.25) is 0 Å². The van der Waals surface area contributed by atoms with Gasteiger partial charge in [0.25, 0.3) is 0 Å². The molecular weight excluding hydrogens is 314 g/mol. The summed E-state index contributed by atoms with van der Waals surface area (Å²) in [6, 6.07) is 0.758. The van der Waals surface area contributed by atoms with Crippen molar-refractivity contribution in [1.82, 2.24) is 15.5 Å². The molecule has 2 atom stereocenters. The first kappa shape index (κ1) is 22.2. The fraction of sp³-hybridized carbons (Fsp3) is 0.882. The summed E-state index contributed by atoms with van der Waals surface area (Å²) in [5.41, 5.74) is 0. The Hall–Kier alpha value is -0.810. The van der Waals surface area contributed by atoms with Gasteiger partial charge >= 0.3 is 0 Å². The van der Waals surface area contributed by atoms with Gasteiger partial charge in [0.05, 0.1) is 0 Å². The molecule has 1 fully saturated rings. The highest BCUT2D eigenvalue weighted by Gasteiger charge is 2.20. The van der Waals surface area contributed by atoms with Crippen LogP contribution in [0.3, 0.4) is 0 Å². The highest BCUT2D eigenvalue weighted by atomic mass is 35.5. The SMILES string of the molecule is CCCN(CCC)C(=O)CCCC(=O)NC1CCNC(C)C1.Cl. The molecule has 5 nitrogen and oxygen atoms in total. The maximum atomic E-state index is 12.1. The van der Waals surface area contributed by atoms with Gasteiger partial charge in [0, 0.05) is 38.0 Å². The number of rotatable bonds is 9. The first-order valence-electron chi connectivity index (χ1n) is 8.87. The third-order valence-corrected chi connectivity index (χ3v) is 4.12. The molecule has 0 aliphatic carbocycles. The summed E-state index contributed by atoms with van der Waals surface area (Å²) in [7, 11) is 0. The van der Waals surface area contributed by atoms with Gasteiger partial charge in [0.15, 0.2) is 0 Å². The van der Waals surface area contributed by atoms with E-state index >= 15 is 0 Å². The second-order valence-corrected chi connectivity index (χ2v) is 6.38. The molecule has 1 saturated heterocycles. The second kappa shape index (κ2) is 12.6. The Morgan fingerprint density at radius 2 is 1.83 bits per heavy atom. The summed E-state index contributed by atoms with van der Waals surface area (Å²) < 4.78 is 0. The Morgan fingerprint density at radius 3 is 2.39 bits per heavy atom. The Labute approximate surface area is 147 Å². The van der Waals surface area contributed by atoms with E-state index in [1.165, 1.54) is 0 Å². The van der Waals surface area contributed by atoms with E-state index in [0.717, 1.165) is 45.3 Å². The van der Waals surface area contributed by atoms with Gasteiger partial charge in [-0.05, 0) is 45.6 Å². The van der Waals surface area contributed by atoms with E-state index in [1.807, 2.05) is 4.90 Å². The van der Waals surface area contributed by atoms with Gasteiger partial charge in [-0.1, -0.05) is 13.8 Å². The predicted octanol–water partition coefficient (Wildman–Crippen LogP) is 2.48. The maximum Gasteiger partial charge on any atom is 0.222 e. The van der Waals surface area contributed by atoms with Crippen LogP contribution in [0.25, 0.3) is 0 Å². The van der Waals surface area contributed by atoms with E-state index in [0.29, 0.717) is 25.3 Å². The lowest BCUT2D eigenvalue weighted by Gasteiger charge is -2.28. The minimum atomic E-state index is 0. The van der Waals surface area contributed by atoms with Crippen molar-refractivity contribution in [3.05, 3.63) is 0 Å². The normalized spacial score (nSPS) is 20.5. The quantitative estimate of drug-likeness (QED) is 0.673. The van der Waals surface area contributed by atoms with Crippen LogP contribution >= 0.6 is 12.4 Å². The molecule has 6 heteroatoms. The first-order chi connectivity index (χ1) is 10.6. The Morgan fingerprint density at radius 1 is 1.17 bits per heavy atom. The number of piperidine rings is 1. The number of hydrogen-bond donors (Lipinski definition) is 2. The Kier molecular flexibility index (Phi) is 12.1. The molecule has 0 aromatic heterocycles. The van der Waals surface area contributed by atoms with E-state index in [9.17, 15) is 9.59 Å². The zero-order valence-corrected chi connectivity index (χ0v) is 15.7. The van der Waals surface area contributed by atoms with Crippen molar-refractivity contribution in [2.45, 2.75) is 77.8 Å². The lowest BCUT2D eigenvalue weighted by Crippen LogP contribution is -2.46. The van der Waals surface area contributed by atoms with E-state index < -0.39 is 0 Å². The molecule has 2 N–H and O–H groups in total. The molecule has 1 aliphatic rings. The molecule has 2 amide bonds. The average Bonchev–Trinajstić information content (AvgIpc) is 2.47. The van der Waals surface area contributed by atoms with Crippen LogP contribution in [-0.2, 0) is 9.59 Å². The summed E-state index contributed by atoms with van der Waals surface area (Å²) in [6.07, 6.45) is 5.54. The number of carbonyl (C=O) groups excluding carboxylic acids is 2. The van der Waals surface area contributed by atoms with Crippen molar-refractivity contribution in [2.24, 2.45) is 0 Å². The van der Waals surface area contributed by atoms with Crippen molar-refractivity contribution in [3.8, 4) is 0 Å². The van der Waals surface area contributed by atoms with Gasteiger partial charge in [-0.15, -0.1) is 12.4 Å². The van der Waals surface area contributed by atoms with E-state index in [2.05, 4.69) is 31.4 Å². The molecule has 0 saturated carbocycles. The molecule has 23 heavy (non-hydrogen) atoms. The smallest absolute Gasteiger partial charge is 0.222 e. The minimum absolute atomic E-state index is 0. The summed E-state index contributed by atoms with van der Waals surface area (Å²) in [4.78, 5) is 26.0. The van der Waals surface area contributed by atoms with Crippen molar-refractivity contribution < 1.29 is 9.59 Å². The lowest BCUT2D eigenvalue weighted by atomic mass is 10.0. The second-order valence-electron chi connectivity index (χ2n) is 6.38. The van der Waals surface area contributed by atoms with Crippen molar-refractivity contribution in [1.29, 1.82) is 0 Å². The summed E-state index contributed by atoms with van der Waals surface area (Å²) in [5.74, 6) is 0.274. The number of nitrogens with zero attached hydrogens (tertiary/aromatic N) is 1. The van der Waals surface area contributed by atoms with Crippen molar-refractivity contribution >= 4 is 24.2 Å². The van der Waals surface area contributed by atoms with Gasteiger partial charge in [-0.25, -0.2) is 0 Å². The van der Waals surface area contributed by atoms with Crippen molar-refractivity contribution in [2.75, 3.05) is 19.6 Å². The summed E-state index contributed by atoms with van der Waals surface area (Å²) in [5, 5.41) is 6.48. The molecule has 0 aromatic rings. The number of carbonyl (C=O) groups is 2. The molecule has 1 rings (SSSR count). The molecule has 0 aromatic carbocycles. The number of nitrogens with one attached hydrogen (secondary N) is 2. The number of hydrogen-bond acceptors (Lipinski definition) is 3. The van der Waals surface area contributed by atoms with E-state index in [-0.39, 0.29) is 30.3 Å². The van der Waals surface area contributed by atoms with Crippen LogP contribution in [0.4, 0.5) is 0 Å². The standard InChI is InChI=1S/C17H33N3O2.ClH/c1-4-11-20(12-5-2)17(22)8-6-7-16(21)19-15-9-10-18-14(3)13-15;/h14-15,18H,4-13H2,1-3H3,(H,19,21);1H. The number of amides is 2. The van der Waals surface area contributed by atoms with Crippen LogP contribution in [0.1, 0.15) is 65.7 Å². The van der Waals surface area contributed by atoms with Crippen LogP contribution < -0.4 is 10.6 Å². The maximum absolute atomic E-state index is 12.1. The Bertz CT molecular complexity index is 347. The largest absolute Gasteiger partial charge is 0.353 e. The van der Waals surface area contributed by atoms with Gasteiger partial charge < -0.3 is 15.5 Å². The van der Waals surface area contributed by atoms with Crippen LogP contribution in [-0.4, -0.2) is 48.4 Å². The summed E-state index contributed by atoms with van der Waals surface area (Å²) >= 11 is 0. The molecule has 1 heterocycles. The fourth-order valence-corrected chi connectivity index (χ4v) is 3.02. The zero-order chi connectivity index (χ0) is 16.4. The molecule has 1 aliphatic heterocycles. The topological polar surface area (TPSA) is 61.4 Å².